The molecule has 1 aliphatic heterocycles. The summed E-state index contributed by atoms with van der Waals surface area (Å²) in [6.45, 7) is 2.04. The lowest BCUT2D eigenvalue weighted by atomic mass is 9.99. The van der Waals surface area contributed by atoms with Crippen LogP contribution in [-0.2, 0) is 0 Å². The number of allylic oxidation sites excluding steroid dienone is 1. The van der Waals surface area contributed by atoms with E-state index in [-0.39, 0.29) is 11.8 Å². The summed E-state index contributed by atoms with van der Waals surface area (Å²) >= 11 is 0. The highest BCUT2D eigenvalue weighted by Gasteiger charge is 2.28. The van der Waals surface area contributed by atoms with Crippen molar-refractivity contribution in [2.75, 3.05) is 5.32 Å². The molecule has 2 N–H and O–H groups in total. The van der Waals surface area contributed by atoms with Crippen LogP contribution in [0, 0.1) is 6.92 Å². The van der Waals surface area contributed by atoms with Gasteiger partial charge in [-0.05, 0) is 36.3 Å². The lowest BCUT2D eigenvalue weighted by Gasteiger charge is -2.26. The highest BCUT2D eigenvalue weighted by Crippen LogP contribution is 2.41. The number of aromatic nitrogens is 2. The minimum absolute atomic E-state index is 0.0711. The predicted molar refractivity (Wildman–Crippen MR) is 117 cm³/mol. The average Bonchev–Trinajstić information content (AvgIpc) is 3.10. The maximum atomic E-state index is 10.5. The van der Waals surface area contributed by atoms with Crippen molar-refractivity contribution in [3.63, 3.8) is 0 Å². The minimum Gasteiger partial charge on any atom is -0.507 e. The fourth-order valence-corrected chi connectivity index (χ4v) is 3.96. The fraction of sp³-hybridized carbons (Fsp3) is 0.0800. The molecule has 0 spiro atoms. The zero-order valence-corrected chi connectivity index (χ0v) is 16.1. The average molecular weight is 379 g/mol. The number of phenols is 1. The zero-order chi connectivity index (χ0) is 19.8. The molecular weight excluding hydrogens is 358 g/mol. The summed E-state index contributed by atoms with van der Waals surface area (Å²) in [6.07, 6.45) is 2.12. The molecule has 29 heavy (non-hydrogen) atoms. The smallest absolute Gasteiger partial charge is 0.138 e. The van der Waals surface area contributed by atoms with Gasteiger partial charge in [-0.3, -0.25) is 0 Å². The van der Waals surface area contributed by atoms with Gasteiger partial charge in [0.2, 0.25) is 0 Å². The largest absolute Gasteiger partial charge is 0.507 e. The molecule has 5 rings (SSSR count). The molecule has 1 aromatic heterocycles. The van der Waals surface area contributed by atoms with Crippen LogP contribution in [0.15, 0.2) is 91.0 Å². The van der Waals surface area contributed by atoms with E-state index in [1.807, 2.05) is 66.2 Å². The van der Waals surface area contributed by atoms with Gasteiger partial charge < -0.3 is 10.4 Å². The number of fused-ring (bicyclic) bond motifs is 1. The van der Waals surface area contributed by atoms with E-state index in [0.717, 1.165) is 39.5 Å². The first-order valence-electron chi connectivity index (χ1n) is 9.69. The van der Waals surface area contributed by atoms with Crippen molar-refractivity contribution in [3.8, 4) is 16.9 Å². The lowest BCUT2D eigenvalue weighted by molar-refractivity contribution is 0.473. The first-order valence-corrected chi connectivity index (χ1v) is 9.69. The van der Waals surface area contributed by atoms with Crippen molar-refractivity contribution < 1.29 is 5.11 Å². The van der Waals surface area contributed by atoms with Gasteiger partial charge in [0.05, 0.1) is 11.7 Å². The number of rotatable bonds is 3. The molecule has 0 amide bonds. The molecule has 4 heteroatoms. The normalized spacial score (nSPS) is 15.3. The van der Waals surface area contributed by atoms with Gasteiger partial charge in [0, 0.05) is 16.8 Å². The number of hydrogen-bond acceptors (Lipinski definition) is 3. The van der Waals surface area contributed by atoms with E-state index in [1.54, 1.807) is 6.07 Å². The molecule has 0 saturated heterocycles. The van der Waals surface area contributed by atoms with Crippen molar-refractivity contribution in [3.05, 3.63) is 108 Å². The number of anilines is 1. The third kappa shape index (κ3) is 2.99. The van der Waals surface area contributed by atoms with Crippen molar-refractivity contribution in [1.29, 1.82) is 0 Å². The summed E-state index contributed by atoms with van der Waals surface area (Å²) in [5.41, 5.74) is 5.95. The van der Waals surface area contributed by atoms with Gasteiger partial charge in [-0.1, -0.05) is 72.8 Å². The second-order valence-corrected chi connectivity index (χ2v) is 7.20. The third-order valence-electron chi connectivity index (χ3n) is 5.32. The van der Waals surface area contributed by atoms with Gasteiger partial charge in [-0.2, -0.15) is 5.10 Å². The molecule has 0 aliphatic carbocycles. The second-order valence-electron chi connectivity index (χ2n) is 7.20. The summed E-state index contributed by atoms with van der Waals surface area (Å²) in [5.74, 6) is 1.19. The van der Waals surface area contributed by atoms with E-state index in [1.165, 1.54) is 0 Å². The SMILES string of the molecule is Cc1nn2c(c1-c1ccccc1)NC(c1ccccc1O)=C[C@@H]2c1ccccc1. The Balaban J connectivity index is 1.73. The topological polar surface area (TPSA) is 50.1 Å². The molecular formula is C25H21N3O. The molecule has 0 unspecified atom stereocenters. The van der Waals surface area contributed by atoms with Crippen LogP contribution in [0.5, 0.6) is 5.75 Å². The van der Waals surface area contributed by atoms with E-state index < -0.39 is 0 Å². The first-order chi connectivity index (χ1) is 14.2. The van der Waals surface area contributed by atoms with Gasteiger partial charge in [-0.25, -0.2) is 4.68 Å². The Labute approximate surface area is 169 Å². The molecule has 3 aromatic carbocycles. The summed E-state index contributed by atoms with van der Waals surface area (Å²) < 4.78 is 2.04. The molecule has 4 nitrogen and oxygen atoms in total. The monoisotopic (exact) mass is 379 g/mol. The Morgan fingerprint density at radius 2 is 1.52 bits per heavy atom. The van der Waals surface area contributed by atoms with E-state index in [9.17, 15) is 5.11 Å². The van der Waals surface area contributed by atoms with Gasteiger partial charge in [0.25, 0.3) is 0 Å². The van der Waals surface area contributed by atoms with E-state index in [4.69, 9.17) is 5.10 Å². The van der Waals surface area contributed by atoms with Gasteiger partial charge in [0.15, 0.2) is 0 Å². The van der Waals surface area contributed by atoms with Gasteiger partial charge in [-0.15, -0.1) is 0 Å². The Kier molecular flexibility index (Phi) is 4.17. The number of aryl methyl sites for hydroxylation is 1. The van der Waals surface area contributed by atoms with E-state index in [0.29, 0.717) is 0 Å². The molecule has 0 fully saturated rings. The molecule has 1 atom stereocenters. The fourth-order valence-electron chi connectivity index (χ4n) is 3.96. The molecule has 1 aliphatic rings. The number of nitrogens with zero attached hydrogens (tertiary/aromatic N) is 2. The van der Waals surface area contributed by atoms with Crippen LogP contribution in [0.1, 0.15) is 22.9 Å². The number of hydrogen-bond donors (Lipinski definition) is 2. The number of aromatic hydroxyl groups is 1. The molecule has 2 heterocycles. The zero-order valence-electron chi connectivity index (χ0n) is 16.1. The van der Waals surface area contributed by atoms with Crippen LogP contribution in [0.4, 0.5) is 5.82 Å². The number of para-hydroxylation sites is 1. The minimum atomic E-state index is -0.0711. The summed E-state index contributed by atoms with van der Waals surface area (Å²) in [6, 6.07) is 27.9. The molecule has 0 bridgehead atoms. The van der Waals surface area contributed by atoms with E-state index in [2.05, 4.69) is 35.7 Å². The van der Waals surface area contributed by atoms with Crippen LogP contribution in [0.2, 0.25) is 0 Å². The van der Waals surface area contributed by atoms with Crippen LogP contribution < -0.4 is 5.32 Å². The number of benzene rings is 3. The Morgan fingerprint density at radius 3 is 2.24 bits per heavy atom. The van der Waals surface area contributed by atoms with Gasteiger partial charge in [0.1, 0.15) is 11.6 Å². The predicted octanol–water partition coefficient (Wildman–Crippen LogP) is 5.62. The third-order valence-corrected chi connectivity index (χ3v) is 5.32. The molecule has 0 saturated carbocycles. The lowest BCUT2D eigenvalue weighted by Crippen LogP contribution is -2.20. The molecule has 4 aromatic rings. The highest BCUT2D eigenvalue weighted by molar-refractivity contribution is 5.88. The van der Waals surface area contributed by atoms with Crippen LogP contribution in [-0.4, -0.2) is 14.9 Å². The summed E-state index contributed by atoms with van der Waals surface area (Å²) in [5, 5.41) is 18.9. The Bertz CT molecular complexity index is 1190. The highest BCUT2D eigenvalue weighted by atomic mass is 16.3. The first kappa shape index (κ1) is 17.3. The van der Waals surface area contributed by atoms with Crippen LogP contribution in [0.25, 0.3) is 16.8 Å². The molecule has 142 valence electrons. The maximum Gasteiger partial charge on any atom is 0.138 e. The van der Waals surface area contributed by atoms with Crippen LogP contribution in [0.3, 0.4) is 0 Å². The summed E-state index contributed by atoms with van der Waals surface area (Å²) in [7, 11) is 0. The van der Waals surface area contributed by atoms with Crippen molar-refractivity contribution in [1.82, 2.24) is 9.78 Å². The Hall–Kier alpha value is -3.79. The van der Waals surface area contributed by atoms with Gasteiger partial charge >= 0.3 is 0 Å². The maximum absolute atomic E-state index is 10.5. The second kappa shape index (κ2) is 6.99. The quantitative estimate of drug-likeness (QED) is 0.486. The van der Waals surface area contributed by atoms with Crippen molar-refractivity contribution >= 4 is 11.5 Å². The van der Waals surface area contributed by atoms with Crippen molar-refractivity contribution in [2.45, 2.75) is 13.0 Å². The summed E-state index contributed by atoms with van der Waals surface area (Å²) in [4.78, 5) is 0. The van der Waals surface area contributed by atoms with Crippen LogP contribution >= 0.6 is 0 Å². The van der Waals surface area contributed by atoms with E-state index >= 15 is 0 Å². The number of nitrogens with one attached hydrogen (secondary N) is 1. The standard InChI is InChI=1S/C25H21N3O/c1-17-24(19-12-6-3-7-13-19)25-26-21(20-14-8-9-15-23(20)29)16-22(28(25)27-17)18-10-4-2-5-11-18/h2-16,22,26,29H,1H3/t22-/m1/s1. The number of phenolic OH excluding ortho intramolecular Hbond substituents is 1. The molecule has 0 radical (unpaired) electrons. The van der Waals surface area contributed by atoms with Crippen molar-refractivity contribution in [2.24, 2.45) is 0 Å². The Morgan fingerprint density at radius 1 is 0.862 bits per heavy atom.